The van der Waals surface area contributed by atoms with Gasteiger partial charge in [0.05, 0.1) is 12.2 Å². The van der Waals surface area contributed by atoms with Crippen molar-refractivity contribution in [1.82, 2.24) is 15.8 Å². The number of hydrogen-bond acceptors (Lipinski definition) is 5. The monoisotopic (exact) mass is 350 g/mol. The zero-order chi connectivity index (χ0) is 11.4. The first kappa shape index (κ1) is 14.3. The molecule has 17 heavy (non-hydrogen) atoms. The minimum absolute atomic E-state index is 0. The molecule has 0 aromatic carbocycles. The molecule has 2 rings (SSSR count). The summed E-state index contributed by atoms with van der Waals surface area (Å²) in [4.78, 5) is 4.32. The Morgan fingerprint density at radius 2 is 2.35 bits per heavy atom. The number of rotatable bonds is 3. The van der Waals surface area contributed by atoms with E-state index in [2.05, 4.69) is 34.6 Å². The Balaban J connectivity index is 0.00000144. The van der Waals surface area contributed by atoms with Crippen LogP contribution in [0.2, 0.25) is 0 Å². The molecule has 1 aliphatic heterocycles. The topological polar surface area (TPSA) is 62.5 Å². The van der Waals surface area contributed by atoms with Gasteiger partial charge in [-0.15, -0.1) is 24.0 Å². The summed E-state index contributed by atoms with van der Waals surface area (Å²) in [5, 5.41) is 10.4. The second-order valence-electron chi connectivity index (χ2n) is 4.24. The van der Waals surface area contributed by atoms with E-state index in [0.29, 0.717) is 12.5 Å². The minimum atomic E-state index is 0. The van der Waals surface area contributed by atoms with Crippen LogP contribution in [-0.4, -0.2) is 24.2 Å². The first-order valence-electron chi connectivity index (χ1n) is 5.73. The van der Waals surface area contributed by atoms with Gasteiger partial charge in [-0.25, -0.2) is 0 Å². The van der Waals surface area contributed by atoms with E-state index in [1.54, 1.807) is 0 Å². The second-order valence-corrected chi connectivity index (χ2v) is 4.24. The van der Waals surface area contributed by atoms with Crippen molar-refractivity contribution in [2.45, 2.75) is 32.7 Å². The lowest BCUT2D eigenvalue weighted by atomic mass is 10.1. The number of aromatic nitrogens is 1. The van der Waals surface area contributed by atoms with Gasteiger partial charge in [0.1, 0.15) is 0 Å². The lowest BCUT2D eigenvalue weighted by Crippen LogP contribution is -2.40. The summed E-state index contributed by atoms with van der Waals surface area (Å²) in [5.41, 5.74) is 0.996. The van der Waals surface area contributed by atoms with Crippen LogP contribution in [0, 0.1) is 0 Å². The van der Waals surface area contributed by atoms with E-state index < -0.39 is 0 Å². The molecule has 0 aliphatic carbocycles. The molecule has 2 N–H and O–H groups in total. The van der Waals surface area contributed by atoms with E-state index >= 15 is 0 Å². The van der Waals surface area contributed by atoms with Gasteiger partial charge in [-0.05, 0) is 12.3 Å². The largest absolute Gasteiger partial charge is 0.359 e. The SMILES string of the molecule is CC(C)c1cc(CNC2=NCCCN2)on1.I. The maximum Gasteiger partial charge on any atom is 0.191 e. The van der Waals surface area contributed by atoms with Crippen molar-refractivity contribution < 1.29 is 4.52 Å². The van der Waals surface area contributed by atoms with Crippen LogP contribution in [0.15, 0.2) is 15.6 Å². The summed E-state index contributed by atoms with van der Waals surface area (Å²) in [7, 11) is 0. The molecule has 0 saturated carbocycles. The summed E-state index contributed by atoms with van der Waals surface area (Å²) in [6.07, 6.45) is 1.10. The van der Waals surface area contributed by atoms with E-state index in [9.17, 15) is 0 Å². The molecule has 0 bridgehead atoms. The highest BCUT2D eigenvalue weighted by Gasteiger charge is 2.08. The third-order valence-electron chi connectivity index (χ3n) is 2.50. The van der Waals surface area contributed by atoms with Crippen molar-refractivity contribution in [3.8, 4) is 0 Å². The predicted octanol–water partition coefficient (Wildman–Crippen LogP) is 1.85. The molecule has 0 fully saturated rings. The average Bonchev–Trinajstić information content (AvgIpc) is 2.76. The van der Waals surface area contributed by atoms with Crippen LogP contribution >= 0.6 is 24.0 Å². The fourth-order valence-corrected chi connectivity index (χ4v) is 1.51. The average molecular weight is 350 g/mol. The standard InChI is InChI=1S/C11H18N4O.HI/c1-8(2)10-6-9(16-15-10)7-14-11-12-4-3-5-13-11;/h6,8H,3-5,7H2,1-2H3,(H2,12,13,14);1H. The van der Waals surface area contributed by atoms with Gasteiger partial charge < -0.3 is 15.2 Å². The number of aliphatic imine (C=N–C) groups is 1. The molecule has 2 heterocycles. The lowest BCUT2D eigenvalue weighted by molar-refractivity contribution is 0.371. The number of nitrogens with one attached hydrogen (secondary N) is 2. The Labute approximate surface area is 118 Å². The number of guanidine groups is 1. The molecule has 6 heteroatoms. The smallest absolute Gasteiger partial charge is 0.191 e. The molecule has 5 nitrogen and oxygen atoms in total. The van der Waals surface area contributed by atoms with Gasteiger partial charge >= 0.3 is 0 Å². The minimum Gasteiger partial charge on any atom is -0.359 e. The second kappa shape index (κ2) is 6.83. The number of hydrogen-bond donors (Lipinski definition) is 2. The highest BCUT2D eigenvalue weighted by molar-refractivity contribution is 14.0. The molecule has 0 amide bonds. The number of halogens is 1. The van der Waals surface area contributed by atoms with Gasteiger partial charge in [-0.3, -0.25) is 4.99 Å². The third-order valence-corrected chi connectivity index (χ3v) is 2.50. The van der Waals surface area contributed by atoms with Gasteiger partial charge in [-0.1, -0.05) is 19.0 Å². The van der Waals surface area contributed by atoms with Crippen LogP contribution in [0.4, 0.5) is 0 Å². The van der Waals surface area contributed by atoms with Crippen molar-refractivity contribution >= 4 is 29.9 Å². The van der Waals surface area contributed by atoms with Gasteiger partial charge in [0.15, 0.2) is 11.7 Å². The Morgan fingerprint density at radius 3 is 2.94 bits per heavy atom. The van der Waals surface area contributed by atoms with Gasteiger partial charge in [0.25, 0.3) is 0 Å². The Bertz CT molecular complexity index is 375. The van der Waals surface area contributed by atoms with Crippen LogP contribution in [0.1, 0.15) is 37.6 Å². The molecule has 0 atom stereocenters. The highest BCUT2D eigenvalue weighted by atomic mass is 127. The first-order chi connectivity index (χ1) is 7.75. The lowest BCUT2D eigenvalue weighted by Gasteiger charge is -2.14. The predicted molar refractivity (Wildman–Crippen MR) is 77.8 cm³/mol. The molecule has 0 saturated heterocycles. The molecular formula is C11H19IN4O. The highest BCUT2D eigenvalue weighted by Crippen LogP contribution is 2.13. The van der Waals surface area contributed by atoms with Gasteiger partial charge in [0.2, 0.25) is 0 Å². The summed E-state index contributed by atoms with van der Waals surface area (Å²) in [6, 6.07) is 1.99. The van der Waals surface area contributed by atoms with Crippen LogP contribution in [-0.2, 0) is 6.54 Å². The van der Waals surface area contributed by atoms with E-state index in [1.165, 1.54) is 0 Å². The fourth-order valence-electron chi connectivity index (χ4n) is 1.51. The van der Waals surface area contributed by atoms with Crippen molar-refractivity contribution in [3.05, 3.63) is 17.5 Å². The molecule has 0 radical (unpaired) electrons. The molecule has 0 unspecified atom stereocenters. The summed E-state index contributed by atoms with van der Waals surface area (Å²) >= 11 is 0. The summed E-state index contributed by atoms with van der Waals surface area (Å²) < 4.78 is 5.22. The van der Waals surface area contributed by atoms with Crippen molar-refractivity contribution in [2.24, 2.45) is 4.99 Å². The molecule has 0 spiro atoms. The van der Waals surface area contributed by atoms with Gasteiger partial charge in [0, 0.05) is 19.2 Å². The summed E-state index contributed by atoms with van der Waals surface area (Å²) in [6.45, 7) is 6.71. The van der Waals surface area contributed by atoms with E-state index in [4.69, 9.17) is 4.52 Å². The molecule has 1 aromatic rings. The number of nitrogens with zero attached hydrogens (tertiary/aromatic N) is 2. The molecule has 96 valence electrons. The normalized spacial score (nSPS) is 14.9. The maximum atomic E-state index is 5.22. The molecular weight excluding hydrogens is 331 g/mol. The van der Waals surface area contributed by atoms with Crippen LogP contribution in [0.25, 0.3) is 0 Å². The van der Waals surface area contributed by atoms with Crippen LogP contribution < -0.4 is 10.6 Å². The zero-order valence-corrected chi connectivity index (χ0v) is 12.5. The molecule has 1 aliphatic rings. The van der Waals surface area contributed by atoms with E-state index in [-0.39, 0.29) is 24.0 Å². The van der Waals surface area contributed by atoms with E-state index in [0.717, 1.165) is 36.9 Å². The first-order valence-corrected chi connectivity index (χ1v) is 5.73. The molecule has 1 aromatic heterocycles. The van der Waals surface area contributed by atoms with Crippen molar-refractivity contribution in [2.75, 3.05) is 13.1 Å². The quantitative estimate of drug-likeness (QED) is 0.817. The van der Waals surface area contributed by atoms with Crippen molar-refractivity contribution in [1.29, 1.82) is 0 Å². The van der Waals surface area contributed by atoms with E-state index in [1.807, 2.05) is 6.07 Å². The van der Waals surface area contributed by atoms with Crippen LogP contribution in [0.3, 0.4) is 0 Å². The summed E-state index contributed by atoms with van der Waals surface area (Å²) in [5.74, 6) is 2.11. The Morgan fingerprint density at radius 1 is 1.53 bits per heavy atom. The Hall–Kier alpha value is -0.790. The third kappa shape index (κ3) is 4.18. The Kier molecular flexibility index (Phi) is 5.73. The van der Waals surface area contributed by atoms with Crippen molar-refractivity contribution in [3.63, 3.8) is 0 Å². The maximum absolute atomic E-state index is 5.22. The fraction of sp³-hybridized carbons (Fsp3) is 0.636. The van der Waals surface area contributed by atoms with Gasteiger partial charge in [-0.2, -0.15) is 0 Å². The zero-order valence-electron chi connectivity index (χ0n) is 10.2. The van der Waals surface area contributed by atoms with Crippen LogP contribution in [0.5, 0.6) is 0 Å².